The molecule has 0 aliphatic heterocycles. The zero-order valence-electron chi connectivity index (χ0n) is 18.2. The van der Waals surface area contributed by atoms with E-state index in [0.29, 0.717) is 34.5 Å². The van der Waals surface area contributed by atoms with Crippen LogP contribution in [-0.2, 0) is 6.54 Å². The van der Waals surface area contributed by atoms with Gasteiger partial charge in [0.25, 0.3) is 5.62 Å². The van der Waals surface area contributed by atoms with Gasteiger partial charge in [0.15, 0.2) is 5.65 Å². The van der Waals surface area contributed by atoms with E-state index in [1.807, 2.05) is 0 Å². The standard InChI is InChI=1S/C22H19FN10O2/c23-14-2-1-11(16(6-14)13-8-25-26-9-13)7-24-20-30-18-12(5-17-19(34)31-22(35)29-17)10-27-33(18)21(32-20)28-15-3-4-15/h1-2,5-6,8-10,15,34H,3-4,7H2,(H,25,26)(H,24,28,32)(H2,29,31,35). The van der Waals surface area contributed by atoms with E-state index in [-0.39, 0.29) is 23.4 Å². The van der Waals surface area contributed by atoms with Crippen LogP contribution in [0.3, 0.4) is 0 Å². The Morgan fingerprint density at radius 1 is 1.26 bits per heavy atom. The number of aromatic nitrogens is 8. The highest BCUT2D eigenvalue weighted by molar-refractivity contribution is 5.66. The smallest absolute Gasteiger partial charge is 0.326 e. The van der Waals surface area contributed by atoms with Gasteiger partial charge >= 0.3 is 5.69 Å². The summed E-state index contributed by atoms with van der Waals surface area (Å²) in [5.41, 5.74) is 2.79. The normalized spacial score (nSPS) is 14.8. The number of hydrogen-bond acceptors (Lipinski definition) is 8. The van der Waals surface area contributed by atoms with Crippen LogP contribution < -0.4 is 21.8 Å². The highest BCUT2D eigenvalue weighted by atomic mass is 19.1. The lowest BCUT2D eigenvalue weighted by atomic mass is 10.0. The number of aromatic hydroxyl groups is 1. The van der Waals surface area contributed by atoms with Gasteiger partial charge in [-0.05, 0) is 42.2 Å². The number of nitrogens with zero attached hydrogens (tertiary/aromatic N) is 6. The van der Waals surface area contributed by atoms with E-state index in [2.05, 4.69) is 45.5 Å². The summed E-state index contributed by atoms with van der Waals surface area (Å²) in [4.78, 5) is 30.1. The second kappa shape index (κ2) is 8.20. The van der Waals surface area contributed by atoms with E-state index < -0.39 is 5.69 Å². The number of H-pyrrole nitrogens is 3. The maximum absolute atomic E-state index is 13.9. The Kier molecular flexibility index (Phi) is 4.87. The predicted octanol–water partition coefficient (Wildman–Crippen LogP) is 0.598. The van der Waals surface area contributed by atoms with E-state index in [9.17, 15) is 14.3 Å². The predicted molar refractivity (Wildman–Crippen MR) is 123 cm³/mol. The molecule has 1 saturated carbocycles. The summed E-state index contributed by atoms with van der Waals surface area (Å²) in [5.74, 6) is -0.326. The molecule has 0 unspecified atom stereocenters. The maximum atomic E-state index is 13.9. The minimum atomic E-state index is -0.528. The quantitative estimate of drug-likeness (QED) is 0.240. The van der Waals surface area contributed by atoms with Crippen LogP contribution in [0, 0.1) is 5.82 Å². The van der Waals surface area contributed by atoms with Crippen molar-refractivity contribution >= 4 is 17.7 Å². The Balaban J connectivity index is 1.41. The van der Waals surface area contributed by atoms with Gasteiger partial charge in [-0.15, -0.1) is 0 Å². The molecular formula is C22H19FN10O2. The summed E-state index contributed by atoms with van der Waals surface area (Å²) in [6.07, 6.45) is 8.41. The number of imidazole rings is 1. The number of fused-ring (bicyclic) bond motifs is 1. The van der Waals surface area contributed by atoms with E-state index in [1.165, 1.54) is 16.6 Å². The van der Waals surface area contributed by atoms with Gasteiger partial charge in [-0.25, -0.2) is 14.2 Å². The van der Waals surface area contributed by atoms with Crippen LogP contribution in [0.5, 0.6) is 5.88 Å². The van der Waals surface area contributed by atoms with Crippen molar-refractivity contribution in [2.45, 2.75) is 25.4 Å². The van der Waals surface area contributed by atoms with Gasteiger partial charge < -0.3 is 15.4 Å². The molecule has 1 aromatic carbocycles. The minimum absolute atomic E-state index is 0.187. The zero-order valence-corrected chi connectivity index (χ0v) is 18.2. The van der Waals surface area contributed by atoms with Crippen LogP contribution in [0.1, 0.15) is 24.1 Å². The number of hydrogen-bond donors (Lipinski definition) is 5. The molecule has 5 N–H and O–H groups in total. The number of aromatic amines is 3. The number of nitrogens with one attached hydrogen (secondary N) is 4. The Morgan fingerprint density at radius 2 is 2.14 bits per heavy atom. The lowest BCUT2D eigenvalue weighted by molar-refractivity contribution is 0.454. The molecular weight excluding hydrogens is 455 g/mol. The Hall–Kier alpha value is -4.81. The average molecular weight is 474 g/mol. The van der Waals surface area contributed by atoms with E-state index >= 15 is 0 Å². The van der Waals surface area contributed by atoms with Crippen molar-refractivity contribution in [2.75, 3.05) is 5.32 Å². The summed E-state index contributed by atoms with van der Waals surface area (Å²) in [6.45, 7) is 0.318. The largest absolute Gasteiger partial charge is 0.493 e. The summed E-state index contributed by atoms with van der Waals surface area (Å²) in [7, 11) is 0. The highest BCUT2D eigenvalue weighted by Crippen LogP contribution is 2.25. The number of halogens is 1. The molecule has 5 aromatic rings. The van der Waals surface area contributed by atoms with Gasteiger partial charge in [0.1, 0.15) is 11.5 Å². The molecule has 176 valence electrons. The molecule has 0 saturated heterocycles. The van der Waals surface area contributed by atoms with Crippen LogP contribution in [-0.4, -0.2) is 50.9 Å². The van der Waals surface area contributed by atoms with Crippen LogP contribution in [0.15, 0.2) is 46.6 Å². The molecule has 4 aromatic heterocycles. The molecule has 1 aliphatic rings. The molecule has 0 atom stereocenters. The second-order valence-corrected chi connectivity index (χ2v) is 8.17. The van der Waals surface area contributed by atoms with Crippen molar-refractivity contribution in [3.63, 3.8) is 0 Å². The van der Waals surface area contributed by atoms with Crippen molar-refractivity contribution in [1.82, 2.24) is 39.7 Å². The third kappa shape index (κ3) is 4.14. The van der Waals surface area contributed by atoms with E-state index in [4.69, 9.17) is 0 Å². The van der Waals surface area contributed by atoms with E-state index in [0.717, 1.165) is 24.0 Å². The molecule has 0 bridgehead atoms. The van der Waals surface area contributed by atoms with Gasteiger partial charge in [0, 0.05) is 23.5 Å². The van der Waals surface area contributed by atoms with Crippen molar-refractivity contribution < 1.29 is 9.50 Å². The van der Waals surface area contributed by atoms with Gasteiger partial charge in [-0.1, -0.05) is 6.07 Å². The molecule has 35 heavy (non-hydrogen) atoms. The number of rotatable bonds is 6. The van der Waals surface area contributed by atoms with Gasteiger partial charge in [-0.2, -0.15) is 24.7 Å². The molecule has 4 heterocycles. The lowest BCUT2D eigenvalue weighted by Gasteiger charge is -2.10. The fourth-order valence-corrected chi connectivity index (χ4v) is 3.70. The Labute approximate surface area is 195 Å². The SMILES string of the molecule is O=c1[nH]c(O)c(C=c2cnn3c(=NC4CC4)nc(NCc4ccc(F)cc4-c4cn[nH]c4)nc23)[nH]1. The minimum Gasteiger partial charge on any atom is -0.493 e. The molecule has 12 nitrogen and oxygen atoms in total. The fraction of sp³-hybridized carbons (Fsp3) is 0.182. The van der Waals surface area contributed by atoms with Crippen molar-refractivity contribution in [1.29, 1.82) is 0 Å². The number of anilines is 1. The van der Waals surface area contributed by atoms with Crippen molar-refractivity contribution in [3.8, 4) is 17.0 Å². The van der Waals surface area contributed by atoms with Gasteiger partial charge in [0.05, 0.1) is 18.4 Å². The first-order valence-electron chi connectivity index (χ1n) is 10.9. The third-order valence-electron chi connectivity index (χ3n) is 5.58. The molecule has 6 rings (SSSR count). The highest BCUT2D eigenvalue weighted by Gasteiger charge is 2.21. The molecule has 1 aliphatic carbocycles. The third-order valence-corrected chi connectivity index (χ3v) is 5.58. The number of benzene rings is 1. The summed E-state index contributed by atoms with van der Waals surface area (Å²) in [5, 5.41) is 24.7. The van der Waals surface area contributed by atoms with Crippen LogP contribution >= 0.6 is 0 Å². The Bertz CT molecular complexity index is 1710. The van der Waals surface area contributed by atoms with Crippen LogP contribution in [0.25, 0.3) is 22.9 Å². The first-order chi connectivity index (χ1) is 17.0. The molecule has 0 amide bonds. The first kappa shape index (κ1) is 20.8. The summed E-state index contributed by atoms with van der Waals surface area (Å²) in [6, 6.07) is 4.73. The average Bonchev–Trinajstić information content (AvgIpc) is 3.19. The second-order valence-electron chi connectivity index (χ2n) is 8.17. The zero-order chi connectivity index (χ0) is 23.9. The molecule has 0 spiro atoms. The van der Waals surface area contributed by atoms with Gasteiger partial charge in [-0.3, -0.25) is 10.1 Å². The lowest BCUT2D eigenvalue weighted by Crippen LogP contribution is -2.24. The summed E-state index contributed by atoms with van der Waals surface area (Å²) >= 11 is 0. The molecule has 0 radical (unpaired) electrons. The van der Waals surface area contributed by atoms with Crippen LogP contribution in [0.4, 0.5) is 10.3 Å². The molecule has 13 heteroatoms. The first-order valence-corrected chi connectivity index (χ1v) is 10.9. The van der Waals surface area contributed by atoms with Crippen molar-refractivity contribution in [3.05, 3.63) is 75.2 Å². The topological polar surface area (TPSA) is 165 Å². The monoisotopic (exact) mass is 474 g/mol. The fourth-order valence-electron chi connectivity index (χ4n) is 3.70. The maximum Gasteiger partial charge on any atom is 0.326 e. The Morgan fingerprint density at radius 3 is 2.89 bits per heavy atom. The van der Waals surface area contributed by atoms with E-state index in [1.54, 1.807) is 30.7 Å². The van der Waals surface area contributed by atoms with Gasteiger partial charge in [0.2, 0.25) is 11.8 Å². The molecule has 1 fully saturated rings. The van der Waals surface area contributed by atoms with Crippen molar-refractivity contribution in [2.24, 2.45) is 4.99 Å². The van der Waals surface area contributed by atoms with Crippen LogP contribution in [0.2, 0.25) is 0 Å². The summed E-state index contributed by atoms with van der Waals surface area (Å²) < 4.78 is 15.5.